The van der Waals surface area contributed by atoms with Gasteiger partial charge < -0.3 is 21.9 Å². The third kappa shape index (κ3) is 9.76. The van der Waals surface area contributed by atoms with E-state index in [2.05, 4.69) is 5.32 Å². The van der Waals surface area contributed by atoms with Crippen LogP contribution in [0.2, 0.25) is 0 Å². The van der Waals surface area contributed by atoms with Gasteiger partial charge in [0.2, 0.25) is 0 Å². The molecule has 0 aromatic carbocycles. The minimum atomic E-state index is -0.399. The van der Waals surface area contributed by atoms with Crippen molar-refractivity contribution in [2.75, 3.05) is 26.2 Å². The Hall–Kier alpha value is -0.160. The maximum absolute atomic E-state index is 9.09. The predicted molar refractivity (Wildman–Crippen MR) is 55.5 cm³/mol. The zero-order valence-corrected chi connectivity index (χ0v) is 8.34. The van der Waals surface area contributed by atoms with E-state index < -0.39 is 6.10 Å². The number of nitrogens with one attached hydrogen (secondary N) is 1. The first-order valence-electron chi connectivity index (χ1n) is 5.10. The van der Waals surface area contributed by atoms with Crippen molar-refractivity contribution in [3.63, 3.8) is 0 Å². The van der Waals surface area contributed by atoms with E-state index in [1.165, 1.54) is 12.8 Å². The lowest BCUT2D eigenvalue weighted by Gasteiger charge is -2.08. The molecule has 0 aliphatic rings. The second-order valence-corrected chi connectivity index (χ2v) is 3.30. The van der Waals surface area contributed by atoms with Crippen molar-refractivity contribution in [3.8, 4) is 0 Å². The van der Waals surface area contributed by atoms with Crippen LogP contribution in [0.3, 0.4) is 0 Å². The molecular formula is C9H23N3O. The zero-order chi connectivity index (χ0) is 9.94. The Labute approximate surface area is 80.7 Å². The van der Waals surface area contributed by atoms with Crippen molar-refractivity contribution in [1.82, 2.24) is 5.32 Å². The highest BCUT2D eigenvalue weighted by Gasteiger charge is 1.98. The van der Waals surface area contributed by atoms with Crippen LogP contribution in [-0.2, 0) is 0 Å². The number of unbranched alkanes of at least 4 members (excludes halogenated alkanes) is 3. The summed E-state index contributed by atoms with van der Waals surface area (Å²) >= 11 is 0. The van der Waals surface area contributed by atoms with Gasteiger partial charge in [-0.3, -0.25) is 0 Å². The van der Waals surface area contributed by atoms with Crippen LogP contribution in [-0.4, -0.2) is 37.4 Å². The number of hydrogen-bond acceptors (Lipinski definition) is 4. The number of aliphatic hydroxyl groups excluding tert-OH is 1. The maximum Gasteiger partial charge on any atom is 0.0786 e. The normalized spacial score (nSPS) is 13.2. The van der Waals surface area contributed by atoms with Gasteiger partial charge in [0.1, 0.15) is 0 Å². The number of rotatable bonds is 9. The molecule has 80 valence electrons. The van der Waals surface area contributed by atoms with Crippen molar-refractivity contribution in [2.24, 2.45) is 11.5 Å². The van der Waals surface area contributed by atoms with E-state index in [-0.39, 0.29) is 0 Å². The fourth-order valence-corrected chi connectivity index (χ4v) is 1.10. The van der Waals surface area contributed by atoms with E-state index in [9.17, 15) is 0 Å². The summed E-state index contributed by atoms with van der Waals surface area (Å²) in [5.74, 6) is 0. The summed E-state index contributed by atoms with van der Waals surface area (Å²) < 4.78 is 0. The molecule has 0 aliphatic heterocycles. The fourth-order valence-electron chi connectivity index (χ4n) is 1.10. The fraction of sp³-hybridized carbons (Fsp3) is 1.00. The second kappa shape index (κ2) is 9.92. The van der Waals surface area contributed by atoms with Crippen LogP contribution in [0.25, 0.3) is 0 Å². The summed E-state index contributed by atoms with van der Waals surface area (Å²) in [7, 11) is 0. The highest BCUT2D eigenvalue weighted by molar-refractivity contribution is 4.59. The molecule has 0 saturated carbocycles. The maximum atomic E-state index is 9.09. The van der Waals surface area contributed by atoms with E-state index >= 15 is 0 Å². The highest BCUT2D eigenvalue weighted by Crippen LogP contribution is 1.96. The first-order chi connectivity index (χ1) is 6.31. The van der Waals surface area contributed by atoms with Crippen LogP contribution >= 0.6 is 0 Å². The Kier molecular flexibility index (Phi) is 9.80. The number of hydrogen-bond donors (Lipinski definition) is 4. The van der Waals surface area contributed by atoms with Crippen LogP contribution in [0.15, 0.2) is 0 Å². The van der Waals surface area contributed by atoms with Gasteiger partial charge in [0, 0.05) is 13.1 Å². The molecule has 0 bridgehead atoms. The van der Waals surface area contributed by atoms with Gasteiger partial charge >= 0.3 is 0 Å². The average Bonchev–Trinajstić information content (AvgIpc) is 2.16. The quantitative estimate of drug-likeness (QED) is 0.365. The summed E-state index contributed by atoms with van der Waals surface area (Å²) in [4.78, 5) is 0. The van der Waals surface area contributed by atoms with E-state index in [4.69, 9.17) is 16.6 Å². The van der Waals surface area contributed by atoms with Crippen molar-refractivity contribution in [1.29, 1.82) is 0 Å². The van der Waals surface area contributed by atoms with Crippen molar-refractivity contribution in [3.05, 3.63) is 0 Å². The van der Waals surface area contributed by atoms with Crippen LogP contribution in [0.4, 0.5) is 0 Å². The van der Waals surface area contributed by atoms with Crippen LogP contribution in [0.5, 0.6) is 0 Å². The van der Waals surface area contributed by atoms with Gasteiger partial charge in [-0.2, -0.15) is 0 Å². The Morgan fingerprint density at radius 2 is 1.77 bits per heavy atom. The third-order valence-electron chi connectivity index (χ3n) is 1.96. The van der Waals surface area contributed by atoms with Gasteiger partial charge in [-0.1, -0.05) is 12.8 Å². The summed E-state index contributed by atoms with van der Waals surface area (Å²) in [5, 5.41) is 12.2. The molecule has 0 aromatic heterocycles. The number of nitrogens with two attached hydrogens (primary N) is 2. The first kappa shape index (κ1) is 12.8. The molecule has 0 fully saturated rings. The van der Waals surface area contributed by atoms with E-state index in [0.29, 0.717) is 13.1 Å². The molecule has 0 amide bonds. The average molecular weight is 189 g/mol. The van der Waals surface area contributed by atoms with Gasteiger partial charge in [-0.25, -0.2) is 0 Å². The molecule has 13 heavy (non-hydrogen) atoms. The molecule has 0 aliphatic carbocycles. The minimum Gasteiger partial charge on any atom is -0.390 e. The molecule has 0 aromatic rings. The van der Waals surface area contributed by atoms with E-state index in [1.54, 1.807) is 0 Å². The standard InChI is InChI=1S/C9H23N3O/c10-5-3-1-2-4-6-12-8-9(13)7-11/h9,12-13H,1-8,10-11H2. The molecule has 1 unspecified atom stereocenters. The molecular weight excluding hydrogens is 166 g/mol. The van der Waals surface area contributed by atoms with Gasteiger partial charge in [0.05, 0.1) is 6.10 Å². The van der Waals surface area contributed by atoms with Crippen LogP contribution in [0, 0.1) is 0 Å². The lowest BCUT2D eigenvalue weighted by Crippen LogP contribution is -2.33. The van der Waals surface area contributed by atoms with Crippen molar-refractivity contribution in [2.45, 2.75) is 31.8 Å². The van der Waals surface area contributed by atoms with Crippen molar-refractivity contribution < 1.29 is 5.11 Å². The molecule has 0 radical (unpaired) electrons. The number of aliphatic hydroxyl groups is 1. The van der Waals surface area contributed by atoms with Gasteiger partial charge in [0.25, 0.3) is 0 Å². The molecule has 1 atom stereocenters. The van der Waals surface area contributed by atoms with Crippen LogP contribution in [0.1, 0.15) is 25.7 Å². The van der Waals surface area contributed by atoms with E-state index in [0.717, 1.165) is 25.9 Å². The van der Waals surface area contributed by atoms with Crippen molar-refractivity contribution >= 4 is 0 Å². The summed E-state index contributed by atoms with van der Waals surface area (Å²) in [6.45, 7) is 2.69. The Morgan fingerprint density at radius 1 is 1.08 bits per heavy atom. The lowest BCUT2D eigenvalue weighted by molar-refractivity contribution is 0.179. The van der Waals surface area contributed by atoms with Gasteiger partial charge in [-0.05, 0) is 25.9 Å². The summed E-state index contributed by atoms with van der Waals surface area (Å²) in [6.07, 6.45) is 4.28. The second-order valence-electron chi connectivity index (χ2n) is 3.30. The Balaban J connectivity index is 2.91. The molecule has 6 N–H and O–H groups in total. The third-order valence-corrected chi connectivity index (χ3v) is 1.96. The summed E-state index contributed by atoms with van der Waals surface area (Å²) in [6, 6.07) is 0. The molecule has 0 rings (SSSR count). The Morgan fingerprint density at radius 3 is 2.38 bits per heavy atom. The van der Waals surface area contributed by atoms with Gasteiger partial charge in [-0.15, -0.1) is 0 Å². The zero-order valence-electron chi connectivity index (χ0n) is 8.34. The van der Waals surface area contributed by atoms with Crippen LogP contribution < -0.4 is 16.8 Å². The molecule has 4 nitrogen and oxygen atoms in total. The molecule has 0 spiro atoms. The minimum absolute atomic E-state index is 0.334. The summed E-state index contributed by atoms with van der Waals surface area (Å²) in [5.41, 5.74) is 10.6. The molecule has 4 heteroatoms. The topological polar surface area (TPSA) is 84.3 Å². The monoisotopic (exact) mass is 189 g/mol. The molecule has 0 saturated heterocycles. The lowest BCUT2D eigenvalue weighted by atomic mass is 10.2. The van der Waals surface area contributed by atoms with Gasteiger partial charge in [0.15, 0.2) is 0 Å². The largest absolute Gasteiger partial charge is 0.390 e. The van der Waals surface area contributed by atoms with E-state index in [1.807, 2.05) is 0 Å². The smallest absolute Gasteiger partial charge is 0.0786 e. The Bertz CT molecular complexity index is 101. The predicted octanol–water partition coefficient (Wildman–Crippen LogP) is -0.585. The molecule has 0 heterocycles. The first-order valence-corrected chi connectivity index (χ1v) is 5.10. The highest BCUT2D eigenvalue weighted by atomic mass is 16.3. The SMILES string of the molecule is NCCCCCCNCC(O)CN.